The Morgan fingerprint density at radius 3 is 2.69 bits per heavy atom. The zero-order valence-electron chi connectivity index (χ0n) is 9.14. The van der Waals surface area contributed by atoms with E-state index in [9.17, 15) is 4.79 Å². The molecule has 0 saturated heterocycles. The predicted octanol–water partition coefficient (Wildman–Crippen LogP) is 0.877. The van der Waals surface area contributed by atoms with Gasteiger partial charge in [0.1, 0.15) is 0 Å². The number of nitrogens with one attached hydrogen (secondary N) is 1. The van der Waals surface area contributed by atoms with Crippen molar-refractivity contribution in [2.75, 3.05) is 6.61 Å². The van der Waals surface area contributed by atoms with Crippen LogP contribution in [0.3, 0.4) is 0 Å². The minimum absolute atomic E-state index is 0.00999. The monoisotopic (exact) mass is 243 g/mol. The molecule has 0 aliphatic carbocycles. The van der Waals surface area contributed by atoms with Crippen LogP contribution in [0.1, 0.15) is 24.3 Å². The van der Waals surface area contributed by atoms with Crippen LogP contribution in [-0.2, 0) is 0 Å². The number of rotatable bonds is 4. The molecule has 5 nitrogen and oxygen atoms in total. The van der Waals surface area contributed by atoms with Crippen molar-refractivity contribution >= 4 is 17.5 Å². The van der Waals surface area contributed by atoms with Gasteiger partial charge in [-0.15, -0.1) is 10.2 Å². The lowest BCUT2D eigenvalue weighted by Gasteiger charge is -2.18. The Morgan fingerprint density at radius 1 is 1.50 bits per heavy atom. The van der Waals surface area contributed by atoms with Gasteiger partial charge in [-0.3, -0.25) is 4.79 Å². The first-order valence-electron chi connectivity index (χ1n) is 4.95. The molecule has 2 N–H and O–H groups in total. The molecule has 16 heavy (non-hydrogen) atoms. The van der Waals surface area contributed by atoms with Gasteiger partial charge in [0.2, 0.25) is 0 Å². The van der Waals surface area contributed by atoms with Gasteiger partial charge in [-0.25, -0.2) is 0 Å². The number of halogens is 1. The van der Waals surface area contributed by atoms with Gasteiger partial charge in [0.15, 0.2) is 10.8 Å². The number of aliphatic hydroxyl groups excluding tert-OH is 1. The fraction of sp³-hybridized carbons (Fsp3) is 0.500. The maximum absolute atomic E-state index is 11.6. The highest BCUT2D eigenvalue weighted by Crippen LogP contribution is 2.04. The summed E-state index contributed by atoms with van der Waals surface area (Å²) in [7, 11) is 0. The lowest BCUT2D eigenvalue weighted by molar-refractivity contribution is 0.0910. The summed E-state index contributed by atoms with van der Waals surface area (Å²) in [4.78, 5) is 11.6. The van der Waals surface area contributed by atoms with E-state index in [0.29, 0.717) is 0 Å². The van der Waals surface area contributed by atoms with Crippen molar-refractivity contribution < 1.29 is 9.90 Å². The van der Waals surface area contributed by atoms with Crippen LogP contribution >= 0.6 is 11.6 Å². The van der Waals surface area contributed by atoms with Crippen LogP contribution in [0.15, 0.2) is 12.1 Å². The van der Waals surface area contributed by atoms with E-state index in [1.165, 1.54) is 12.1 Å². The van der Waals surface area contributed by atoms with Crippen molar-refractivity contribution in [1.29, 1.82) is 0 Å². The van der Waals surface area contributed by atoms with Crippen LogP contribution in [0.2, 0.25) is 5.15 Å². The van der Waals surface area contributed by atoms with E-state index in [1.54, 1.807) is 0 Å². The molecule has 0 aliphatic heterocycles. The number of amides is 1. The van der Waals surface area contributed by atoms with Crippen LogP contribution in [0.4, 0.5) is 0 Å². The number of aromatic nitrogens is 2. The molecule has 0 aromatic carbocycles. The number of carbonyl (C=O) groups excluding carboxylic acids is 1. The van der Waals surface area contributed by atoms with Crippen LogP contribution in [-0.4, -0.2) is 33.9 Å². The summed E-state index contributed by atoms with van der Waals surface area (Å²) >= 11 is 5.56. The first kappa shape index (κ1) is 12.9. The van der Waals surface area contributed by atoms with Crippen LogP contribution in [0.5, 0.6) is 0 Å². The first-order valence-corrected chi connectivity index (χ1v) is 5.33. The molecule has 0 aliphatic rings. The second kappa shape index (κ2) is 5.77. The van der Waals surface area contributed by atoms with Gasteiger partial charge < -0.3 is 10.4 Å². The summed E-state index contributed by atoms with van der Waals surface area (Å²) in [6.45, 7) is 3.69. The maximum atomic E-state index is 11.6. The lowest BCUT2D eigenvalue weighted by Crippen LogP contribution is -2.38. The predicted molar refractivity (Wildman–Crippen MR) is 60.2 cm³/mol. The van der Waals surface area contributed by atoms with Crippen molar-refractivity contribution in [3.8, 4) is 0 Å². The summed E-state index contributed by atoms with van der Waals surface area (Å²) in [5.74, 6) is -0.332. The number of hydrogen-bond donors (Lipinski definition) is 2. The molecule has 2 unspecified atom stereocenters. The number of carbonyl (C=O) groups is 1. The SMILES string of the molecule is CC(CO)C(C)NC(=O)c1ccc(Cl)nn1. The summed E-state index contributed by atoms with van der Waals surface area (Å²) in [5, 5.41) is 19.1. The average Bonchev–Trinajstić information content (AvgIpc) is 2.28. The molecule has 0 radical (unpaired) electrons. The van der Waals surface area contributed by atoms with Crippen molar-refractivity contribution in [1.82, 2.24) is 15.5 Å². The van der Waals surface area contributed by atoms with Crippen molar-refractivity contribution in [2.24, 2.45) is 5.92 Å². The molecule has 1 aromatic rings. The second-order valence-corrected chi connectivity index (χ2v) is 4.05. The Labute approximate surface area is 98.8 Å². The molecule has 1 amide bonds. The Hall–Kier alpha value is -1.20. The van der Waals surface area contributed by atoms with Gasteiger partial charge in [-0.1, -0.05) is 18.5 Å². The lowest BCUT2D eigenvalue weighted by atomic mass is 10.1. The zero-order chi connectivity index (χ0) is 12.1. The normalized spacial score (nSPS) is 14.2. The van der Waals surface area contributed by atoms with Gasteiger partial charge in [0.05, 0.1) is 0 Å². The molecule has 0 saturated carbocycles. The summed E-state index contributed by atoms with van der Waals surface area (Å²) in [6, 6.07) is 2.87. The summed E-state index contributed by atoms with van der Waals surface area (Å²) in [5.41, 5.74) is 0.210. The van der Waals surface area contributed by atoms with Gasteiger partial charge >= 0.3 is 0 Å². The van der Waals surface area contributed by atoms with Crippen molar-refractivity contribution in [3.05, 3.63) is 23.0 Å². The molecular formula is C10H14ClN3O2. The molecule has 0 bridgehead atoms. The van der Waals surface area contributed by atoms with E-state index in [2.05, 4.69) is 15.5 Å². The fourth-order valence-corrected chi connectivity index (χ4v) is 1.12. The van der Waals surface area contributed by atoms with E-state index >= 15 is 0 Å². The number of nitrogens with zero attached hydrogens (tertiary/aromatic N) is 2. The average molecular weight is 244 g/mol. The van der Waals surface area contributed by atoms with Gasteiger partial charge in [0, 0.05) is 12.6 Å². The third-order valence-corrected chi connectivity index (χ3v) is 2.57. The van der Waals surface area contributed by atoms with Crippen molar-refractivity contribution in [2.45, 2.75) is 19.9 Å². The van der Waals surface area contributed by atoms with E-state index in [0.717, 1.165) is 0 Å². The van der Waals surface area contributed by atoms with Gasteiger partial charge in [-0.2, -0.15) is 0 Å². The molecule has 0 fully saturated rings. The molecule has 2 atom stereocenters. The number of hydrogen-bond acceptors (Lipinski definition) is 4. The van der Waals surface area contributed by atoms with E-state index in [-0.39, 0.29) is 35.3 Å². The van der Waals surface area contributed by atoms with Crippen LogP contribution < -0.4 is 5.32 Å². The summed E-state index contributed by atoms with van der Waals surface area (Å²) in [6.07, 6.45) is 0. The first-order chi connectivity index (χ1) is 7.54. The second-order valence-electron chi connectivity index (χ2n) is 3.66. The molecule has 1 heterocycles. The largest absolute Gasteiger partial charge is 0.396 e. The van der Waals surface area contributed by atoms with E-state index in [1.807, 2.05) is 13.8 Å². The Kier molecular flexibility index (Phi) is 4.64. The van der Waals surface area contributed by atoms with Crippen LogP contribution in [0, 0.1) is 5.92 Å². The zero-order valence-corrected chi connectivity index (χ0v) is 9.90. The Bertz CT molecular complexity index is 356. The molecular weight excluding hydrogens is 230 g/mol. The standard InChI is InChI=1S/C10H14ClN3O2/c1-6(5-15)7(2)12-10(16)8-3-4-9(11)14-13-8/h3-4,6-7,15H,5H2,1-2H3,(H,12,16). The topological polar surface area (TPSA) is 75.1 Å². The third kappa shape index (κ3) is 3.43. The quantitative estimate of drug-likeness (QED) is 0.823. The molecule has 1 aromatic heterocycles. The maximum Gasteiger partial charge on any atom is 0.272 e. The van der Waals surface area contributed by atoms with Gasteiger partial charge in [0.25, 0.3) is 5.91 Å². The Morgan fingerprint density at radius 2 is 2.19 bits per heavy atom. The molecule has 1 rings (SSSR count). The minimum atomic E-state index is -0.322. The molecule has 6 heteroatoms. The van der Waals surface area contributed by atoms with E-state index < -0.39 is 0 Å². The fourth-order valence-electron chi connectivity index (χ4n) is 1.02. The van der Waals surface area contributed by atoms with Crippen LogP contribution in [0.25, 0.3) is 0 Å². The number of aliphatic hydroxyl groups is 1. The smallest absolute Gasteiger partial charge is 0.272 e. The third-order valence-electron chi connectivity index (χ3n) is 2.36. The highest BCUT2D eigenvalue weighted by molar-refractivity contribution is 6.29. The van der Waals surface area contributed by atoms with Gasteiger partial charge in [-0.05, 0) is 25.0 Å². The molecule has 0 spiro atoms. The van der Waals surface area contributed by atoms with E-state index in [4.69, 9.17) is 16.7 Å². The van der Waals surface area contributed by atoms with Crippen molar-refractivity contribution in [3.63, 3.8) is 0 Å². The summed E-state index contributed by atoms with van der Waals surface area (Å²) < 4.78 is 0. The highest BCUT2D eigenvalue weighted by Gasteiger charge is 2.15. The highest BCUT2D eigenvalue weighted by atomic mass is 35.5. The molecule has 88 valence electrons. The Balaban J connectivity index is 2.62. The minimum Gasteiger partial charge on any atom is -0.396 e.